The van der Waals surface area contributed by atoms with Crippen molar-refractivity contribution in [2.75, 3.05) is 26.2 Å². The molecule has 30 heavy (non-hydrogen) atoms. The zero-order valence-electron chi connectivity index (χ0n) is 15.7. The number of carbonyl (C=O) groups excluding carboxylic acids is 1. The Morgan fingerprint density at radius 2 is 1.73 bits per heavy atom. The quantitative estimate of drug-likeness (QED) is 0.758. The summed E-state index contributed by atoms with van der Waals surface area (Å²) < 4.78 is 61.8. The molecule has 2 aromatic carbocycles. The molecular weight excluding hydrogens is 443 g/mol. The molecule has 0 aromatic heterocycles. The first-order valence-electron chi connectivity index (χ1n) is 8.95. The molecule has 1 amide bonds. The molecule has 6 nitrogen and oxygen atoms in total. The molecule has 2 N–H and O–H groups in total. The number of rotatable bonds is 4. The minimum atomic E-state index is -4.39. The Balaban J connectivity index is 1.64. The van der Waals surface area contributed by atoms with Crippen molar-refractivity contribution in [2.45, 2.75) is 17.6 Å². The van der Waals surface area contributed by atoms with E-state index in [0.717, 1.165) is 18.2 Å². The van der Waals surface area contributed by atoms with E-state index < -0.39 is 21.8 Å². The van der Waals surface area contributed by atoms with Crippen molar-refractivity contribution in [3.63, 3.8) is 0 Å². The summed E-state index contributed by atoms with van der Waals surface area (Å²) in [7, 11) is -4.07. The Morgan fingerprint density at radius 1 is 1.07 bits per heavy atom. The number of carbonyl (C=O) groups is 1. The van der Waals surface area contributed by atoms with Gasteiger partial charge in [-0.1, -0.05) is 29.8 Å². The lowest BCUT2D eigenvalue weighted by Gasteiger charge is -2.35. The maximum atomic E-state index is 12.9. The van der Waals surface area contributed by atoms with Gasteiger partial charge in [0.25, 0.3) is 5.91 Å². The van der Waals surface area contributed by atoms with Crippen LogP contribution in [0.1, 0.15) is 21.5 Å². The third kappa shape index (κ3) is 5.31. The van der Waals surface area contributed by atoms with Gasteiger partial charge in [0.1, 0.15) is 4.90 Å². The molecule has 11 heteroatoms. The van der Waals surface area contributed by atoms with Gasteiger partial charge in [0.15, 0.2) is 0 Å². The first kappa shape index (κ1) is 22.5. The van der Waals surface area contributed by atoms with Gasteiger partial charge in [-0.25, -0.2) is 13.6 Å². The lowest BCUT2D eigenvalue weighted by Crippen LogP contribution is -2.48. The topological polar surface area (TPSA) is 83.7 Å². The molecule has 0 unspecified atom stereocenters. The summed E-state index contributed by atoms with van der Waals surface area (Å²) in [5, 5.41) is 5.05. The molecule has 162 valence electrons. The Kier molecular flexibility index (Phi) is 6.42. The maximum Gasteiger partial charge on any atom is 0.416 e. The zero-order valence-corrected chi connectivity index (χ0v) is 17.3. The Morgan fingerprint density at radius 3 is 2.33 bits per heavy atom. The van der Waals surface area contributed by atoms with Gasteiger partial charge in [-0.05, 0) is 29.8 Å². The van der Waals surface area contributed by atoms with Gasteiger partial charge in [-0.2, -0.15) is 13.2 Å². The van der Waals surface area contributed by atoms with Crippen LogP contribution in [0.15, 0.2) is 47.4 Å². The van der Waals surface area contributed by atoms with Crippen molar-refractivity contribution in [3.05, 3.63) is 64.2 Å². The molecule has 2 aromatic rings. The van der Waals surface area contributed by atoms with Gasteiger partial charge in [0.05, 0.1) is 10.6 Å². The van der Waals surface area contributed by atoms with E-state index in [1.165, 1.54) is 18.2 Å². The van der Waals surface area contributed by atoms with Crippen LogP contribution in [0.3, 0.4) is 0 Å². The van der Waals surface area contributed by atoms with E-state index >= 15 is 0 Å². The van der Waals surface area contributed by atoms with Crippen molar-refractivity contribution in [3.8, 4) is 0 Å². The number of piperazine rings is 1. The van der Waals surface area contributed by atoms with E-state index in [2.05, 4.69) is 0 Å². The molecule has 0 saturated carbocycles. The lowest BCUT2D eigenvalue weighted by atomic mass is 10.1. The van der Waals surface area contributed by atoms with Crippen LogP contribution in [-0.4, -0.2) is 50.3 Å². The predicted molar refractivity (Wildman–Crippen MR) is 105 cm³/mol. The van der Waals surface area contributed by atoms with Gasteiger partial charge in [0, 0.05) is 38.3 Å². The van der Waals surface area contributed by atoms with Gasteiger partial charge >= 0.3 is 6.18 Å². The first-order chi connectivity index (χ1) is 13.9. The summed E-state index contributed by atoms with van der Waals surface area (Å²) in [6, 6.07) is 9.04. The summed E-state index contributed by atoms with van der Waals surface area (Å²) in [4.78, 5) is 15.9. The SMILES string of the molecule is NS(=O)(=O)c1cc(C(=O)N2CCN(Cc3cccc(C(F)(F)F)c3)CC2)ccc1Cl. The number of halogens is 4. The van der Waals surface area contributed by atoms with E-state index in [9.17, 15) is 26.4 Å². The summed E-state index contributed by atoms with van der Waals surface area (Å²) >= 11 is 5.85. The van der Waals surface area contributed by atoms with Crippen molar-refractivity contribution in [1.29, 1.82) is 0 Å². The summed E-state index contributed by atoms with van der Waals surface area (Å²) in [5.41, 5.74) is -0.00272. The van der Waals surface area contributed by atoms with Gasteiger partial charge in [-0.3, -0.25) is 9.69 Å². The van der Waals surface area contributed by atoms with Crippen molar-refractivity contribution in [1.82, 2.24) is 9.80 Å². The molecule has 3 rings (SSSR count). The smallest absolute Gasteiger partial charge is 0.336 e. The summed E-state index contributed by atoms with van der Waals surface area (Å²) in [6.07, 6.45) is -4.39. The van der Waals surface area contributed by atoms with Crippen LogP contribution in [0.5, 0.6) is 0 Å². The second kappa shape index (κ2) is 8.54. The van der Waals surface area contributed by atoms with Crippen LogP contribution in [-0.2, 0) is 22.7 Å². The molecule has 0 bridgehead atoms. The molecule has 0 spiro atoms. The average Bonchev–Trinajstić information content (AvgIpc) is 2.67. The van der Waals surface area contributed by atoms with Crippen molar-refractivity contribution < 1.29 is 26.4 Å². The van der Waals surface area contributed by atoms with E-state index in [0.29, 0.717) is 38.3 Å². The number of primary sulfonamides is 1. The van der Waals surface area contributed by atoms with Gasteiger partial charge < -0.3 is 4.90 Å². The number of amides is 1. The molecule has 1 heterocycles. The minimum absolute atomic E-state index is 0.0695. The monoisotopic (exact) mass is 461 g/mol. The number of benzene rings is 2. The van der Waals surface area contributed by atoms with Crippen molar-refractivity contribution >= 4 is 27.5 Å². The number of sulfonamides is 1. The second-order valence-electron chi connectivity index (χ2n) is 6.96. The highest BCUT2D eigenvalue weighted by Gasteiger charge is 2.30. The minimum Gasteiger partial charge on any atom is -0.336 e. The molecule has 1 saturated heterocycles. The van der Waals surface area contributed by atoms with Crippen molar-refractivity contribution in [2.24, 2.45) is 5.14 Å². The summed E-state index contributed by atoms with van der Waals surface area (Å²) in [6.45, 7) is 1.98. The zero-order chi connectivity index (χ0) is 22.1. The highest BCUT2D eigenvalue weighted by molar-refractivity contribution is 7.89. The number of alkyl halides is 3. The normalized spacial score (nSPS) is 16.0. The van der Waals surface area contributed by atoms with Crippen LogP contribution >= 0.6 is 11.6 Å². The number of nitrogens with zero attached hydrogens (tertiary/aromatic N) is 2. The maximum absolute atomic E-state index is 12.9. The molecule has 1 aliphatic rings. The number of hydrogen-bond donors (Lipinski definition) is 1. The standard InChI is InChI=1S/C19H19ClF3N3O3S/c20-16-5-4-14(11-17(16)30(24,28)29)18(27)26-8-6-25(7-9-26)12-13-2-1-3-15(10-13)19(21,22)23/h1-5,10-11H,6-9,12H2,(H2,24,28,29). The third-order valence-electron chi connectivity index (χ3n) is 4.80. The Hall–Kier alpha value is -2.14. The highest BCUT2D eigenvalue weighted by Crippen LogP contribution is 2.30. The molecule has 1 aliphatic heterocycles. The highest BCUT2D eigenvalue weighted by atomic mass is 35.5. The molecule has 0 radical (unpaired) electrons. The van der Waals surface area contributed by atoms with E-state index in [4.69, 9.17) is 16.7 Å². The van der Waals surface area contributed by atoms with Gasteiger partial charge in [-0.15, -0.1) is 0 Å². The molecule has 0 atom stereocenters. The molecule has 0 aliphatic carbocycles. The number of hydrogen-bond acceptors (Lipinski definition) is 4. The van der Waals surface area contributed by atoms with Crippen LogP contribution in [0, 0.1) is 0 Å². The third-order valence-corrected chi connectivity index (χ3v) is 6.20. The van der Waals surface area contributed by atoms with Gasteiger partial charge in [0.2, 0.25) is 10.0 Å². The van der Waals surface area contributed by atoms with Crippen LogP contribution in [0.25, 0.3) is 0 Å². The fourth-order valence-electron chi connectivity index (χ4n) is 3.25. The second-order valence-corrected chi connectivity index (χ2v) is 8.89. The Labute approximate surface area is 177 Å². The lowest BCUT2D eigenvalue weighted by molar-refractivity contribution is -0.137. The Bertz CT molecular complexity index is 1050. The van der Waals surface area contributed by atoms with Crippen LogP contribution in [0.4, 0.5) is 13.2 Å². The van der Waals surface area contributed by atoms with E-state index in [1.807, 2.05) is 4.90 Å². The van der Waals surface area contributed by atoms with E-state index in [1.54, 1.807) is 11.0 Å². The van der Waals surface area contributed by atoms with E-state index in [-0.39, 0.29) is 21.4 Å². The largest absolute Gasteiger partial charge is 0.416 e. The predicted octanol–water partition coefficient (Wildman–Crippen LogP) is 2.96. The first-order valence-corrected chi connectivity index (χ1v) is 10.9. The molecule has 1 fully saturated rings. The molecular formula is C19H19ClF3N3O3S. The fraction of sp³-hybridized carbons (Fsp3) is 0.316. The number of nitrogens with two attached hydrogens (primary N) is 1. The fourth-order valence-corrected chi connectivity index (χ4v) is 4.32. The average molecular weight is 462 g/mol. The van der Waals surface area contributed by atoms with Crippen LogP contribution < -0.4 is 5.14 Å². The van der Waals surface area contributed by atoms with Crippen LogP contribution in [0.2, 0.25) is 5.02 Å². The summed E-state index contributed by atoms with van der Waals surface area (Å²) in [5.74, 6) is -0.365.